The first-order valence-corrected chi connectivity index (χ1v) is 8.21. The first-order valence-electron chi connectivity index (χ1n) is 7.26. The number of hydrogen-bond acceptors (Lipinski definition) is 6. The molecule has 1 aliphatic heterocycles. The Bertz CT molecular complexity index is 708. The summed E-state index contributed by atoms with van der Waals surface area (Å²) in [5.41, 5.74) is 3.50. The molecular formula is C16H18N4OS. The van der Waals surface area contributed by atoms with Gasteiger partial charge in [-0.15, -0.1) is 5.10 Å². The Labute approximate surface area is 134 Å². The molecule has 5 nitrogen and oxygen atoms in total. The van der Waals surface area contributed by atoms with Crippen molar-refractivity contribution in [1.82, 2.24) is 10.2 Å². The van der Waals surface area contributed by atoms with E-state index in [-0.39, 0.29) is 12.2 Å². The van der Waals surface area contributed by atoms with Gasteiger partial charge in [0.15, 0.2) is 5.82 Å². The minimum absolute atomic E-state index is 0.00459. The highest BCUT2D eigenvalue weighted by Gasteiger charge is 2.29. The van der Waals surface area contributed by atoms with Gasteiger partial charge in [0.1, 0.15) is 17.7 Å². The lowest BCUT2D eigenvalue weighted by molar-refractivity contribution is -0.0174. The third kappa shape index (κ3) is 2.70. The molecule has 0 saturated carbocycles. The van der Waals surface area contributed by atoms with E-state index in [1.54, 1.807) is 11.3 Å². The Morgan fingerprint density at radius 3 is 2.86 bits per heavy atom. The Morgan fingerprint density at radius 2 is 2.18 bits per heavy atom. The highest BCUT2D eigenvalue weighted by Crippen LogP contribution is 2.31. The topological polar surface area (TPSA) is 62.0 Å². The molecule has 3 rings (SSSR count). The molecule has 3 heterocycles. The van der Waals surface area contributed by atoms with E-state index >= 15 is 0 Å². The third-order valence-corrected chi connectivity index (χ3v) is 4.72. The maximum Gasteiger partial charge on any atom is 0.169 e. The van der Waals surface area contributed by atoms with Crippen LogP contribution in [0.25, 0.3) is 0 Å². The lowest BCUT2D eigenvalue weighted by Gasteiger charge is -2.37. The molecule has 2 aromatic rings. The van der Waals surface area contributed by atoms with E-state index in [0.29, 0.717) is 24.5 Å². The van der Waals surface area contributed by atoms with E-state index in [0.717, 1.165) is 11.3 Å². The van der Waals surface area contributed by atoms with Crippen molar-refractivity contribution in [1.29, 1.82) is 5.26 Å². The normalized spacial score (nSPS) is 21.6. The van der Waals surface area contributed by atoms with Crippen LogP contribution in [0.2, 0.25) is 0 Å². The minimum atomic E-state index is 0.00459. The molecule has 0 amide bonds. The van der Waals surface area contributed by atoms with Crippen molar-refractivity contribution >= 4 is 17.2 Å². The van der Waals surface area contributed by atoms with Crippen molar-refractivity contribution in [2.75, 3.05) is 18.0 Å². The average molecular weight is 314 g/mol. The second kappa shape index (κ2) is 6.03. The minimum Gasteiger partial charge on any atom is -0.367 e. The van der Waals surface area contributed by atoms with Crippen LogP contribution in [0.3, 0.4) is 0 Å². The highest BCUT2D eigenvalue weighted by molar-refractivity contribution is 7.07. The van der Waals surface area contributed by atoms with E-state index in [1.165, 1.54) is 5.56 Å². The molecule has 6 heteroatoms. The van der Waals surface area contributed by atoms with Gasteiger partial charge in [-0.3, -0.25) is 0 Å². The van der Waals surface area contributed by atoms with Crippen molar-refractivity contribution in [3.63, 3.8) is 0 Å². The van der Waals surface area contributed by atoms with Crippen molar-refractivity contribution in [2.24, 2.45) is 0 Å². The fourth-order valence-electron chi connectivity index (χ4n) is 2.72. The summed E-state index contributed by atoms with van der Waals surface area (Å²) in [5, 5.41) is 22.1. The number of thiophene rings is 1. The lowest BCUT2D eigenvalue weighted by Crippen LogP contribution is -2.43. The van der Waals surface area contributed by atoms with E-state index in [4.69, 9.17) is 4.74 Å². The van der Waals surface area contributed by atoms with Crippen molar-refractivity contribution in [3.8, 4) is 6.07 Å². The van der Waals surface area contributed by atoms with Crippen LogP contribution >= 0.6 is 11.3 Å². The number of rotatable bonds is 2. The molecule has 0 radical (unpaired) electrons. The molecular weight excluding hydrogens is 296 g/mol. The van der Waals surface area contributed by atoms with Gasteiger partial charge in [0.05, 0.1) is 18.3 Å². The Kier molecular flexibility index (Phi) is 4.10. The van der Waals surface area contributed by atoms with Crippen LogP contribution < -0.4 is 4.90 Å². The average Bonchev–Trinajstić information content (AvgIpc) is 3.03. The fraction of sp³-hybridized carbons (Fsp3) is 0.438. The summed E-state index contributed by atoms with van der Waals surface area (Å²) in [4.78, 5) is 2.12. The van der Waals surface area contributed by atoms with Gasteiger partial charge in [-0.2, -0.15) is 21.7 Å². The second-order valence-electron chi connectivity index (χ2n) is 5.62. The van der Waals surface area contributed by atoms with Gasteiger partial charge in [0.2, 0.25) is 0 Å². The molecule has 2 atom stereocenters. The van der Waals surface area contributed by atoms with Crippen LogP contribution in [0, 0.1) is 25.2 Å². The van der Waals surface area contributed by atoms with Gasteiger partial charge in [-0.1, -0.05) is 0 Å². The van der Waals surface area contributed by atoms with Gasteiger partial charge in [0, 0.05) is 6.54 Å². The van der Waals surface area contributed by atoms with E-state index in [9.17, 15) is 5.26 Å². The molecule has 0 aromatic carbocycles. The smallest absolute Gasteiger partial charge is 0.169 e. The van der Waals surface area contributed by atoms with E-state index < -0.39 is 0 Å². The highest BCUT2D eigenvalue weighted by atomic mass is 32.1. The molecule has 22 heavy (non-hydrogen) atoms. The van der Waals surface area contributed by atoms with Crippen LogP contribution in [0.5, 0.6) is 0 Å². The van der Waals surface area contributed by atoms with Crippen molar-refractivity contribution < 1.29 is 4.74 Å². The molecule has 2 aromatic heterocycles. The summed E-state index contributed by atoms with van der Waals surface area (Å²) < 4.78 is 6.04. The predicted molar refractivity (Wildman–Crippen MR) is 86.0 cm³/mol. The number of nitriles is 1. The Morgan fingerprint density at radius 1 is 1.36 bits per heavy atom. The predicted octanol–water partition coefficient (Wildman–Crippen LogP) is 2.99. The number of aryl methyl sites for hydroxylation is 1. The van der Waals surface area contributed by atoms with Gasteiger partial charge in [0.25, 0.3) is 0 Å². The number of anilines is 1. The fourth-order valence-corrected chi connectivity index (χ4v) is 3.42. The maximum absolute atomic E-state index is 9.50. The Hall–Kier alpha value is -1.97. The van der Waals surface area contributed by atoms with Gasteiger partial charge >= 0.3 is 0 Å². The molecule has 0 bridgehead atoms. The number of nitrogens with zero attached hydrogens (tertiary/aromatic N) is 4. The quantitative estimate of drug-likeness (QED) is 0.852. The van der Waals surface area contributed by atoms with Crippen LogP contribution in [0.15, 0.2) is 16.8 Å². The molecule has 0 unspecified atom stereocenters. The second-order valence-corrected chi connectivity index (χ2v) is 6.40. The number of hydrogen-bond donors (Lipinski definition) is 0. The number of ether oxygens (including phenoxy) is 1. The van der Waals surface area contributed by atoms with Crippen LogP contribution in [0.4, 0.5) is 5.82 Å². The molecule has 1 fully saturated rings. The van der Waals surface area contributed by atoms with Gasteiger partial charge < -0.3 is 9.64 Å². The molecule has 1 aliphatic rings. The van der Waals surface area contributed by atoms with E-state index in [1.807, 2.05) is 20.8 Å². The SMILES string of the molecule is Cc1nnc(N2C[C@@H](C)O[C@H](c3ccsc3)C2)c(C#N)c1C. The zero-order valence-corrected chi connectivity index (χ0v) is 13.7. The van der Waals surface area contributed by atoms with Gasteiger partial charge in [-0.25, -0.2) is 0 Å². The summed E-state index contributed by atoms with van der Waals surface area (Å²) in [7, 11) is 0. The lowest BCUT2D eigenvalue weighted by atomic mass is 10.1. The van der Waals surface area contributed by atoms with Crippen LogP contribution in [-0.4, -0.2) is 29.4 Å². The van der Waals surface area contributed by atoms with Crippen molar-refractivity contribution in [2.45, 2.75) is 33.0 Å². The molecule has 114 valence electrons. The maximum atomic E-state index is 9.50. The summed E-state index contributed by atoms with van der Waals surface area (Å²) in [6.07, 6.45) is 0.0820. The molecule has 0 aliphatic carbocycles. The zero-order valence-electron chi connectivity index (χ0n) is 12.9. The van der Waals surface area contributed by atoms with E-state index in [2.05, 4.69) is 38.0 Å². The largest absolute Gasteiger partial charge is 0.367 e. The van der Waals surface area contributed by atoms with Crippen LogP contribution in [0.1, 0.15) is 35.4 Å². The number of morpholine rings is 1. The molecule has 0 spiro atoms. The monoisotopic (exact) mass is 314 g/mol. The summed E-state index contributed by atoms with van der Waals surface area (Å²) in [5.74, 6) is 0.668. The van der Waals surface area contributed by atoms with Crippen molar-refractivity contribution in [3.05, 3.63) is 39.2 Å². The molecule has 1 saturated heterocycles. The first kappa shape index (κ1) is 14.9. The standard InChI is InChI=1S/C16H18N4OS/c1-10-7-20(8-15(21-10)13-4-5-22-9-13)16-14(6-17)11(2)12(3)18-19-16/h4-5,9-10,15H,7-8H2,1-3H3/t10-,15+/m1/s1. The zero-order chi connectivity index (χ0) is 15.7. The summed E-state index contributed by atoms with van der Waals surface area (Å²) >= 11 is 1.66. The first-order chi connectivity index (χ1) is 10.6. The Balaban J connectivity index is 1.95. The summed E-state index contributed by atoms with van der Waals surface area (Å²) in [6, 6.07) is 4.37. The number of aromatic nitrogens is 2. The van der Waals surface area contributed by atoms with Crippen LogP contribution in [-0.2, 0) is 4.74 Å². The molecule has 0 N–H and O–H groups in total. The van der Waals surface area contributed by atoms with Gasteiger partial charge in [-0.05, 0) is 48.7 Å². The summed E-state index contributed by atoms with van der Waals surface area (Å²) in [6.45, 7) is 7.25. The third-order valence-electron chi connectivity index (χ3n) is 4.02.